The molecule has 2 aromatic carbocycles. The summed E-state index contributed by atoms with van der Waals surface area (Å²) >= 11 is 18.3. The molecule has 22 heavy (non-hydrogen) atoms. The molecule has 5 heteroatoms. The number of hydrogen-bond donors (Lipinski definition) is 0. The number of rotatable bonds is 5. The smallest absolute Gasteiger partial charge is 0.138 e. The summed E-state index contributed by atoms with van der Waals surface area (Å²) in [6.45, 7) is 4.07. The topological polar surface area (TPSA) is 21.6 Å². The van der Waals surface area contributed by atoms with Gasteiger partial charge in [0.15, 0.2) is 0 Å². The lowest BCUT2D eigenvalue weighted by Gasteiger charge is -2.13. The van der Waals surface area contributed by atoms with Crippen LogP contribution >= 0.6 is 34.8 Å². The van der Waals surface area contributed by atoms with Crippen molar-refractivity contribution in [2.75, 3.05) is 0 Å². The second-order valence-electron chi connectivity index (χ2n) is 4.86. The number of halogens is 3. The van der Waals surface area contributed by atoms with Crippen LogP contribution in [0.3, 0.4) is 0 Å². The van der Waals surface area contributed by atoms with Crippen LogP contribution < -0.4 is 4.74 Å². The first kappa shape index (κ1) is 17.1. The summed E-state index contributed by atoms with van der Waals surface area (Å²) in [5.74, 6) is 0.675. The Bertz CT molecular complexity index is 686. The van der Waals surface area contributed by atoms with Gasteiger partial charge in [-0.15, -0.1) is 0 Å². The van der Waals surface area contributed by atoms with Crippen LogP contribution in [0.1, 0.15) is 25.8 Å². The molecule has 0 saturated carbocycles. The summed E-state index contributed by atoms with van der Waals surface area (Å²) in [7, 11) is 0. The third-order valence-electron chi connectivity index (χ3n) is 3.14. The maximum Gasteiger partial charge on any atom is 0.138 e. The maximum absolute atomic E-state index is 6.23. The van der Waals surface area contributed by atoms with Crippen molar-refractivity contribution in [2.24, 2.45) is 4.99 Å². The standard InChI is InChI=1S/C17H16Cl3NO/c1-3-11(2)22-16-8-7-12(9-14(16)19)10-21-15-6-4-5-13(18)17(15)20/h4-11H,3H2,1-2H3/t11-/m1/s1. The van der Waals surface area contributed by atoms with Crippen LogP contribution in [0, 0.1) is 0 Å². The molecule has 0 unspecified atom stereocenters. The van der Waals surface area contributed by atoms with Gasteiger partial charge < -0.3 is 4.74 Å². The van der Waals surface area contributed by atoms with Gasteiger partial charge in [-0.25, -0.2) is 0 Å². The first-order valence-electron chi connectivity index (χ1n) is 6.95. The molecule has 0 aliphatic rings. The van der Waals surface area contributed by atoms with Crippen LogP contribution in [0.5, 0.6) is 5.75 Å². The van der Waals surface area contributed by atoms with Gasteiger partial charge >= 0.3 is 0 Å². The van der Waals surface area contributed by atoms with Crippen molar-refractivity contribution in [3.63, 3.8) is 0 Å². The third kappa shape index (κ3) is 4.39. The lowest BCUT2D eigenvalue weighted by Crippen LogP contribution is -2.09. The molecule has 0 radical (unpaired) electrons. The van der Waals surface area contributed by atoms with Crippen molar-refractivity contribution in [3.8, 4) is 5.75 Å². The molecular formula is C17H16Cl3NO. The Kier molecular flexibility index (Phi) is 6.13. The van der Waals surface area contributed by atoms with Gasteiger partial charge in [-0.05, 0) is 49.2 Å². The van der Waals surface area contributed by atoms with Crippen LogP contribution in [-0.4, -0.2) is 12.3 Å². The minimum absolute atomic E-state index is 0.127. The Balaban J connectivity index is 2.18. The molecule has 2 rings (SSSR count). The Morgan fingerprint density at radius 2 is 1.91 bits per heavy atom. The fourth-order valence-electron chi connectivity index (χ4n) is 1.73. The second-order valence-corrected chi connectivity index (χ2v) is 6.05. The Morgan fingerprint density at radius 1 is 1.14 bits per heavy atom. The van der Waals surface area contributed by atoms with Crippen molar-refractivity contribution >= 4 is 46.7 Å². The number of nitrogens with zero attached hydrogens (tertiary/aromatic N) is 1. The van der Waals surface area contributed by atoms with Crippen LogP contribution in [0.4, 0.5) is 5.69 Å². The second kappa shape index (κ2) is 7.87. The lowest BCUT2D eigenvalue weighted by atomic mass is 10.2. The summed E-state index contributed by atoms with van der Waals surface area (Å²) in [4.78, 5) is 4.34. The highest BCUT2D eigenvalue weighted by Gasteiger charge is 2.06. The van der Waals surface area contributed by atoms with Crippen LogP contribution in [0.25, 0.3) is 0 Å². The average Bonchev–Trinajstić information content (AvgIpc) is 2.51. The van der Waals surface area contributed by atoms with Gasteiger partial charge in [0.05, 0.1) is 26.9 Å². The van der Waals surface area contributed by atoms with Gasteiger partial charge in [-0.2, -0.15) is 0 Å². The number of ether oxygens (including phenoxy) is 1. The van der Waals surface area contributed by atoms with Crippen molar-refractivity contribution in [3.05, 3.63) is 57.0 Å². The van der Waals surface area contributed by atoms with Gasteiger partial charge in [-0.3, -0.25) is 4.99 Å². The van der Waals surface area contributed by atoms with E-state index in [9.17, 15) is 0 Å². The molecule has 0 fully saturated rings. The van der Waals surface area contributed by atoms with Crippen LogP contribution in [-0.2, 0) is 0 Å². The molecule has 1 atom stereocenters. The molecule has 2 aromatic rings. The zero-order valence-corrected chi connectivity index (χ0v) is 14.6. The molecule has 0 saturated heterocycles. The summed E-state index contributed by atoms with van der Waals surface area (Å²) in [5, 5.41) is 1.47. The molecule has 0 amide bonds. The molecule has 0 aliphatic carbocycles. The van der Waals surface area contributed by atoms with Crippen LogP contribution in [0.2, 0.25) is 15.1 Å². The van der Waals surface area contributed by atoms with E-state index in [1.165, 1.54) is 0 Å². The Labute approximate surface area is 145 Å². The zero-order chi connectivity index (χ0) is 16.1. The molecule has 2 nitrogen and oxygen atoms in total. The van der Waals surface area contributed by atoms with Crippen molar-refractivity contribution in [2.45, 2.75) is 26.4 Å². The fourth-order valence-corrected chi connectivity index (χ4v) is 2.31. The van der Waals surface area contributed by atoms with Gasteiger partial charge in [0, 0.05) is 6.21 Å². The molecule has 116 valence electrons. The van der Waals surface area contributed by atoms with Gasteiger partial charge in [-0.1, -0.05) is 47.8 Å². The summed E-state index contributed by atoms with van der Waals surface area (Å²) in [5.41, 5.74) is 1.47. The molecule has 0 aromatic heterocycles. The minimum Gasteiger partial charge on any atom is -0.489 e. The van der Waals surface area contributed by atoms with E-state index in [2.05, 4.69) is 11.9 Å². The van der Waals surface area contributed by atoms with E-state index in [0.717, 1.165) is 12.0 Å². The lowest BCUT2D eigenvalue weighted by molar-refractivity contribution is 0.217. The average molecular weight is 357 g/mol. The Hall–Kier alpha value is -1.22. The van der Waals surface area contributed by atoms with Gasteiger partial charge in [0.25, 0.3) is 0 Å². The van der Waals surface area contributed by atoms with Crippen molar-refractivity contribution in [1.29, 1.82) is 0 Å². The first-order chi connectivity index (χ1) is 10.5. The molecule has 0 aliphatic heterocycles. The molecule has 0 bridgehead atoms. The van der Waals surface area contributed by atoms with Crippen molar-refractivity contribution < 1.29 is 4.74 Å². The predicted octanol–water partition coefficient (Wildman–Crippen LogP) is 6.57. The summed E-state index contributed by atoms with van der Waals surface area (Å²) < 4.78 is 5.73. The van der Waals surface area contributed by atoms with E-state index in [4.69, 9.17) is 39.5 Å². The van der Waals surface area contributed by atoms with E-state index < -0.39 is 0 Å². The SMILES string of the molecule is CC[C@@H](C)Oc1ccc(C=Nc2cccc(Cl)c2Cl)cc1Cl. The molecule has 0 N–H and O–H groups in total. The number of aliphatic imine (C=N–C) groups is 1. The summed E-state index contributed by atoms with van der Waals surface area (Å²) in [6.07, 6.45) is 2.74. The highest BCUT2D eigenvalue weighted by molar-refractivity contribution is 6.43. The van der Waals surface area contributed by atoms with E-state index in [1.54, 1.807) is 30.5 Å². The fraction of sp³-hybridized carbons (Fsp3) is 0.235. The van der Waals surface area contributed by atoms with Gasteiger partial charge in [0.1, 0.15) is 5.75 Å². The molecule has 0 heterocycles. The zero-order valence-electron chi connectivity index (χ0n) is 12.3. The number of hydrogen-bond acceptors (Lipinski definition) is 2. The number of benzene rings is 2. The molecule has 0 spiro atoms. The quantitative estimate of drug-likeness (QED) is 0.555. The predicted molar refractivity (Wildman–Crippen MR) is 95.5 cm³/mol. The van der Waals surface area contributed by atoms with E-state index in [1.807, 2.05) is 19.1 Å². The maximum atomic E-state index is 6.23. The Morgan fingerprint density at radius 3 is 2.59 bits per heavy atom. The molecular weight excluding hydrogens is 341 g/mol. The minimum atomic E-state index is 0.127. The first-order valence-corrected chi connectivity index (χ1v) is 8.09. The summed E-state index contributed by atoms with van der Waals surface area (Å²) in [6, 6.07) is 10.9. The van der Waals surface area contributed by atoms with E-state index in [-0.39, 0.29) is 6.10 Å². The monoisotopic (exact) mass is 355 g/mol. The van der Waals surface area contributed by atoms with Gasteiger partial charge in [0.2, 0.25) is 0 Å². The normalized spacial score (nSPS) is 12.6. The van der Waals surface area contributed by atoms with E-state index in [0.29, 0.717) is 26.5 Å². The largest absolute Gasteiger partial charge is 0.489 e. The highest BCUT2D eigenvalue weighted by Crippen LogP contribution is 2.32. The van der Waals surface area contributed by atoms with E-state index >= 15 is 0 Å². The van der Waals surface area contributed by atoms with Crippen molar-refractivity contribution in [1.82, 2.24) is 0 Å². The third-order valence-corrected chi connectivity index (χ3v) is 4.25. The van der Waals surface area contributed by atoms with Crippen LogP contribution in [0.15, 0.2) is 41.4 Å². The highest BCUT2D eigenvalue weighted by atomic mass is 35.5.